The molecule has 0 unspecified atom stereocenters. The summed E-state index contributed by atoms with van der Waals surface area (Å²) in [6.45, 7) is 7.09. The van der Waals surface area contributed by atoms with E-state index in [0.29, 0.717) is 11.1 Å². The molecule has 4 aliphatic carbocycles. The molecular formula is C24H37N4O3+. The van der Waals surface area contributed by atoms with Crippen LogP contribution in [0.5, 0.6) is 0 Å². The number of aliphatic hydroxyl groups excluding tert-OH is 1. The van der Waals surface area contributed by atoms with Crippen molar-refractivity contribution in [2.45, 2.75) is 51.5 Å². The number of anilines is 2. The van der Waals surface area contributed by atoms with Gasteiger partial charge in [-0.15, -0.1) is 0 Å². The quantitative estimate of drug-likeness (QED) is 0.458. The first-order valence-electron chi connectivity index (χ1n) is 12.2. The molecule has 1 heterocycles. The Morgan fingerprint density at radius 1 is 1.19 bits per heavy atom. The van der Waals surface area contributed by atoms with Crippen LogP contribution < -0.4 is 15.1 Å². The van der Waals surface area contributed by atoms with Crippen LogP contribution in [0.25, 0.3) is 0 Å². The Hall–Kier alpha value is -1.86. The zero-order chi connectivity index (χ0) is 21.6. The first-order valence-corrected chi connectivity index (χ1v) is 12.2. The second kappa shape index (κ2) is 8.24. The lowest BCUT2D eigenvalue weighted by Crippen LogP contribution is -3.15. The van der Waals surface area contributed by atoms with E-state index in [1.807, 2.05) is 12.1 Å². The molecule has 5 aliphatic rings. The maximum absolute atomic E-state index is 11.8. The van der Waals surface area contributed by atoms with Crippen molar-refractivity contribution in [2.24, 2.45) is 23.2 Å². The molecule has 7 nitrogen and oxygen atoms in total. The van der Waals surface area contributed by atoms with Gasteiger partial charge in [0.25, 0.3) is 5.69 Å². The first-order chi connectivity index (χ1) is 15.0. The van der Waals surface area contributed by atoms with Gasteiger partial charge in [-0.2, -0.15) is 0 Å². The summed E-state index contributed by atoms with van der Waals surface area (Å²) in [4.78, 5) is 15.3. The van der Waals surface area contributed by atoms with Gasteiger partial charge in [-0.25, -0.2) is 0 Å². The Balaban J connectivity index is 1.34. The summed E-state index contributed by atoms with van der Waals surface area (Å²) in [5.74, 6) is 2.61. The third-order valence-electron chi connectivity index (χ3n) is 8.85. The molecule has 0 spiro atoms. The largest absolute Gasteiger partial charge is 0.391 e. The maximum atomic E-state index is 11.8. The first kappa shape index (κ1) is 21.0. The van der Waals surface area contributed by atoms with E-state index in [4.69, 9.17) is 0 Å². The number of nitro benzene ring substituents is 1. The molecule has 0 amide bonds. The van der Waals surface area contributed by atoms with E-state index in [2.05, 4.69) is 17.1 Å². The van der Waals surface area contributed by atoms with E-state index in [0.717, 1.165) is 56.2 Å². The van der Waals surface area contributed by atoms with Crippen LogP contribution in [0.1, 0.15) is 45.4 Å². The third-order valence-corrected chi connectivity index (χ3v) is 8.85. The molecule has 5 fully saturated rings. The van der Waals surface area contributed by atoms with Gasteiger partial charge >= 0.3 is 0 Å². The van der Waals surface area contributed by atoms with E-state index in [9.17, 15) is 15.2 Å². The van der Waals surface area contributed by atoms with Crippen LogP contribution in [0.3, 0.4) is 0 Å². The van der Waals surface area contributed by atoms with Gasteiger partial charge < -0.3 is 20.2 Å². The van der Waals surface area contributed by atoms with Crippen LogP contribution in [0.15, 0.2) is 18.2 Å². The van der Waals surface area contributed by atoms with Crippen LogP contribution in [0, 0.1) is 33.3 Å². The Kier molecular flexibility index (Phi) is 5.59. The zero-order valence-corrected chi connectivity index (χ0v) is 18.7. The normalized spacial score (nSPS) is 33.5. The number of nitrogens with one attached hydrogen (secondary N) is 2. The summed E-state index contributed by atoms with van der Waals surface area (Å²) in [7, 11) is 0. The van der Waals surface area contributed by atoms with Crippen molar-refractivity contribution in [3.05, 3.63) is 28.3 Å². The van der Waals surface area contributed by atoms with Crippen LogP contribution in [0.4, 0.5) is 17.1 Å². The molecule has 7 heteroatoms. The van der Waals surface area contributed by atoms with Gasteiger partial charge in [-0.3, -0.25) is 10.1 Å². The molecule has 1 aromatic rings. The molecule has 0 radical (unpaired) electrons. The van der Waals surface area contributed by atoms with Gasteiger partial charge in [0.15, 0.2) is 0 Å². The number of aliphatic hydroxyl groups is 1. The third kappa shape index (κ3) is 4.02. The highest BCUT2D eigenvalue weighted by Crippen LogP contribution is 2.61. The average Bonchev–Trinajstić information content (AvgIpc) is 2.73. The number of piperazine rings is 1. The zero-order valence-electron chi connectivity index (χ0n) is 18.7. The second-order valence-corrected chi connectivity index (χ2v) is 10.8. The lowest BCUT2D eigenvalue weighted by atomic mass is 9.48. The molecule has 0 aromatic heterocycles. The molecule has 6 rings (SSSR count). The molecule has 170 valence electrons. The van der Waals surface area contributed by atoms with Crippen LogP contribution in [0.2, 0.25) is 0 Å². The summed E-state index contributed by atoms with van der Waals surface area (Å²) in [5.41, 5.74) is 2.23. The summed E-state index contributed by atoms with van der Waals surface area (Å²) in [6, 6.07) is 5.83. The van der Waals surface area contributed by atoms with Crippen LogP contribution in [-0.2, 0) is 0 Å². The predicted molar refractivity (Wildman–Crippen MR) is 122 cm³/mol. The standard InChI is InChI=1S/C24H36N4O3/c1-17(24-14-18-10-19(15-24)12-20(11-18)16-24)25-22-13-21(2-3-23(22)28(30)31)27-6-4-26(5-7-27)8-9-29/h2-3,13,17-20,25,29H,4-12,14-16H2,1H3/p+1/t17-,18?,19?,20?,24?/m1/s1. The topological polar surface area (TPSA) is 83.1 Å². The summed E-state index contributed by atoms with van der Waals surface area (Å²) >= 11 is 0. The van der Waals surface area contributed by atoms with E-state index in [1.165, 1.54) is 43.4 Å². The Labute approximate surface area is 184 Å². The maximum Gasteiger partial charge on any atom is 0.292 e. The molecule has 1 saturated heterocycles. The predicted octanol–water partition coefficient (Wildman–Crippen LogP) is 2.31. The fourth-order valence-corrected chi connectivity index (χ4v) is 7.58. The Morgan fingerprint density at radius 2 is 1.81 bits per heavy atom. The molecule has 31 heavy (non-hydrogen) atoms. The highest BCUT2D eigenvalue weighted by atomic mass is 16.6. The fourth-order valence-electron chi connectivity index (χ4n) is 7.58. The number of benzene rings is 1. The molecule has 1 atom stereocenters. The van der Waals surface area contributed by atoms with Crippen molar-refractivity contribution < 1.29 is 14.9 Å². The Morgan fingerprint density at radius 3 is 2.35 bits per heavy atom. The average molecular weight is 430 g/mol. The monoisotopic (exact) mass is 429 g/mol. The van der Waals surface area contributed by atoms with E-state index in [1.54, 1.807) is 6.07 Å². The number of hydrogen-bond donors (Lipinski definition) is 3. The number of nitro groups is 1. The van der Waals surface area contributed by atoms with Gasteiger partial charge in [-0.05, 0) is 80.8 Å². The van der Waals surface area contributed by atoms with E-state index < -0.39 is 0 Å². The molecule has 1 aromatic carbocycles. The van der Waals surface area contributed by atoms with Crippen LogP contribution in [-0.4, -0.2) is 55.4 Å². The molecular weight excluding hydrogens is 392 g/mol. The highest BCUT2D eigenvalue weighted by Gasteiger charge is 2.53. The van der Waals surface area contributed by atoms with Crippen molar-refractivity contribution in [1.82, 2.24) is 0 Å². The van der Waals surface area contributed by atoms with Gasteiger partial charge in [-0.1, -0.05) is 0 Å². The van der Waals surface area contributed by atoms with E-state index >= 15 is 0 Å². The lowest BCUT2D eigenvalue weighted by molar-refractivity contribution is -0.900. The summed E-state index contributed by atoms with van der Waals surface area (Å²) < 4.78 is 0. The fraction of sp³-hybridized carbons (Fsp3) is 0.750. The second-order valence-electron chi connectivity index (χ2n) is 10.8. The van der Waals surface area contributed by atoms with Crippen molar-refractivity contribution in [2.75, 3.05) is 49.5 Å². The minimum absolute atomic E-state index is 0.185. The Bertz CT molecular complexity index is 786. The van der Waals surface area contributed by atoms with Crippen molar-refractivity contribution in [1.29, 1.82) is 0 Å². The van der Waals surface area contributed by atoms with Gasteiger partial charge in [0.2, 0.25) is 0 Å². The SMILES string of the molecule is C[C@@H](Nc1cc(N2CC[NH+](CCO)CC2)ccc1[N+](=O)[O-])C12CC3CC(CC(C3)C1)C2. The molecule has 4 saturated carbocycles. The molecule has 1 aliphatic heterocycles. The van der Waals surface area contributed by atoms with Crippen molar-refractivity contribution in [3.63, 3.8) is 0 Å². The van der Waals surface area contributed by atoms with Crippen molar-refractivity contribution in [3.8, 4) is 0 Å². The smallest absolute Gasteiger partial charge is 0.292 e. The van der Waals surface area contributed by atoms with Gasteiger partial charge in [0, 0.05) is 17.8 Å². The highest BCUT2D eigenvalue weighted by molar-refractivity contribution is 5.69. The van der Waals surface area contributed by atoms with Crippen LogP contribution >= 0.6 is 0 Å². The minimum atomic E-state index is -0.248. The summed E-state index contributed by atoms with van der Waals surface area (Å²) in [6.07, 6.45) is 8.09. The van der Waals surface area contributed by atoms with E-state index in [-0.39, 0.29) is 23.3 Å². The number of nitrogens with zero attached hydrogens (tertiary/aromatic N) is 2. The van der Waals surface area contributed by atoms with Crippen molar-refractivity contribution >= 4 is 17.1 Å². The number of quaternary nitrogens is 1. The summed E-state index contributed by atoms with van der Waals surface area (Å²) in [5, 5.41) is 24.6. The molecule has 4 bridgehead atoms. The number of rotatable bonds is 7. The van der Waals surface area contributed by atoms with Gasteiger partial charge in [0.05, 0.1) is 37.7 Å². The number of hydrogen-bond acceptors (Lipinski definition) is 5. The van der Waals surface area contributed by atoms with Gasteiger partial charge in [0.1, 0.15) is 12.2 Å². The minimum Gasteiger partial charge on any atom is -0.391 e. The lowest BCUT2D eigenvalue weighted by Gasteiger charge is -2.59. The molecule has 3 N–H and O–H groups in total.